The molecule has 2 rings (SSSR count). The third kappa shape index (κ3) is 3.59. The molecule has 0 fully saturated rings. The molecule has 0 aliphatic rings. The van der Waals surface area contributed by atoms with E-state index >= 15 is 0 Å². The van der Waals surface area contributed by atoms with Crippen molar-refractivity contribution in [2.75, 3.05) is 13.7 Å². The molecule has 20 heavy (non-hydrogen) atoms. The topological polar surface area (TPSA) is 52.1 Å². The maximum atomic E-state index is 5.94. The second kappa shape index (κ2) is 6.88. The van der Waals surface area contributed by atoms with Crippen LogP contribution >= 0.6 is 23.8 Å². The molecule has 0 spiro atoms. The molecule has 0 bridgehead atoms. The van der Waals surface area contributed by atoms with Crippen LogP contribution in [-0.2, 0) is 11.3 Å². The summed E-state index contributed by atoms with van der Waals surface area (Å²) in [7, 11) is 1.65. The van der Waals surface area contributed by atoms with Crippen molar-refractivity contribution >= 4 is 23.8 Å². The Balaban J connectivity index is 2.16. The van der Waals surface area contributed by atoms with Gasteiger partial charge in [0.05, 0.1) is 13.2 Å². The number of H-pyrrole nitrogens is 1. The highest BCUT2D eigenvalue weighted by Gasteiger charge is 2.15. The number of ether oxygens (including phenoxy) is 2. The molecule has 1 unspecified atom stereocenters. The van der Waals surface area contributed by atoms with Gasteiger partial charge in [-0.1, -0.05) is 17.7 Å². The van der Waals surface area contributed by atoms with Crippen LogP contribution in [0.4, 0.5) is 0 Å². The molecular weight excluding hydrogens is 298 g/mol. The van der Waals surface area contributed by atoms with Crippen molar-refractivity contribution in [2.45, 2.75) is 19.6 Å². The predicted octanol–water partition coefficient (Wildman–Crippen LogP) is 3.38. The number of halogens is 1. The molecule has 7 heteroatoms. The van der Waals surface area contributed by atoms with Gasteiger partial charge >= 0.3 is 0 Å². The van der Waals surface area contributed by atoms with E-state index in [2.05, 4.69) is 10.2 Å². The molecule has 5 nitrogen and oxygen atoms in total. The molecule has 2 aromatic rings. The van der Waals surface area contributed by atoms with Gasteiger partial charge in [0.15, 0.2) is 16.7 Å². The Morgan fingerprint density at radius 1 is 1.50 bits per heavy atom. The summed E-state index contributed by atoms with van der Waals surface area (Å²) in [6.45, 7) is 3.10. The first-order valence-corrected chi connectivity index (χ1v) is 6.96. The Labute approximate surface area is 127 Å². The molecule has 0 radical (unpaired) electrons. The maximum Gasteiger partial charge on any atom is 0.195 e. The van der Waals surface area contributed by atoms with Gasteiger partial charge in [-0.05, 0) is 37.3 Å². The van der Waals surface area contributed by atoms with Gasteiger partial charge in [-0.3, -0.25) is 9.67 Å². The quantitative estimate of drug-likeness (QED) is 0.831. The monoisotopic (exact) mass is 313 g/mol. The lowest BCUT2D eigenvalue weighted by molar-refractivity contribution is 0.175. The minimum Gasteiger partial charge on any atom is -0.483 e. The normalized spacial score (nSPS) is 12.3. The number of benzene rings is 1. The highest BCUT2D eigenvalue weighted by molar-refractivity contribution is 7.71. The second-order valence-corrected chi connectivity index (χ2v) is 5.07. The molecule has 1 N–H and O–H groups in total. The molecule has 0 amide bonds. The van der Waals surface area contributed by atoms with Crippen molar-refractivity contribution in [1.82, 2.24) is 14.8 Å². The van der Waals surface area contributed by atoms with Crippen molar-refractivity contribution in [1.29, 1.82) is 0 Å². The average Bonchev–Trinajstić information content (AvgIpc) is 2.77. The molecule has 1 heterocycles. The standard InChI is InChI=1S/C13H16ClN3O2S/c1-9(19-11-5-3-4-10(14)8-11)12-15-16-13(20)17(12)6-7-18-2/h3-5,8-9H,6-7H2,1-2H3,(H,16,20). The van der Waals surface area contributed by atoms with Gasteiger partial charge in [0.25, 0.3) is 0 Å². The van der Waals surface area contributed by atoms with E-state index in [4.69, 9.17) is 33.3 Å². The third-order valence-corrected chi connectivity index (χ3v) is 3.33. The Hall–Kier alpha value is -1.37. The van der Waals surface area contributed by atoms with Gasteiger partial charge in [0, 0.05) is 12.1 Å². The van der Waals surface area contributed by atoms with Crippen LogP contribution in [0.1, 0.15) is 18.9 Å². The second-order valence-electron chi connectivity index (χ2n) is 4.25. The summed E-state index contributed by atoms with van der Waals surface area (Å²) in [5.41, 5.74) is 0. The number of rotatable bonds is 6. The average molecular weight is 314 g/mol. The van der Waals surface area contributed by atoms with E-state index < -0.39 is 0 Å². The summed E-state index contributed by atoms with van der Waals surface area (Å²) in [6, 6.07) is 7.25. The van der Waals surface area contributed by atoms with Crippen molar-refractivity contribution in [2.24, 2.45) is 0 Å². The van der Waals surface area contributed by atoms with Crippen LogP contribution in [0.25, 0.3) is 0 Å². The van der Waals surface area contributed by atoms with E-state index in [-0.39, 0.29) is 6.10 Å². The van der Waals surface area contributed by atoms with Crippen molar-refractivity contribution in [3.63, 3.8) is 0 Å². The van der Waals surface area contributed by atoms with Gasteiger partial charge in [-0.2, -0.15) is 5.10 Å². The van der Waals surface area contributed by atoms with Crippen LogP contribution in [0.5, 0.6) is 5.75 Å². The molecule has 0 aliphatic heterocycles. The van der Waals surface area contributed by atoms with Crippen molar-refractivity contribution < 1.29 is 9.47 Å². The molecule has 108 valence electrons. The smallest absolute Gasteiger partial charge is 0.195 e. The summed E-state index contributed by atoms with van der Waals surface area (Å²) < 4.78 is 13.3. The number of hydrogen-bond acceptors (Lipinski definition) is 4. The lowest BCUT2D eigenvalue weighted by Gasteiger charge is -2.15. The zero-order chi connectivity index (χ0) is 14.5. The lowest BCUT2D eigenvalue weighted by atomic mass is 10.3. The largest absolute Gasteiger partial charge is 0.483 e. The van der Waals surface area contributed by atoms with Gasteiger partial charge in [-0.15, -0.1) is 0 Å². The predicted molar refractivity (Wildman–Crippen MR) is 79.8 cm³/mol. The highest BCUT2D eigenvalue weighted by Crippen LogP contribution is 2.23. The Morgan fingerprint density at radius 3 is 3.00 bits per heavy atom. The van der Waals surface area contributed by atoms with Gasteiger partial charge < -0.3 is 9.47 Å². The van der Waals surface area contributed by atoms with Gasteiger partial charge in [0.2, 0.25) is 0 Å². The Bertz CT molecular complexity index is 626. The summed E-state index contributed by atoms with van der Waals surface area (Å²) in [4.78, 5) is 0. The number of nitrogens with one attached hydrogen (secondary N) is 1. The van der Waals surface area contributed by atoms with Crippen LogP contribution in [0.2, 0.25) is 5.02 Å². The van der Waals surface area contributed by atoms with Crippen molar-refractivity contribution in [3.05, 3.63) is 39.9 Å². The highest BCUT2D eigenvalue weighted by atomic mass is 35.5. The zero-order valence-corrected chi connectivity index (χ0v) is 12.9. The summed E-state index contributed by atoms with van der Waals surface area (Å²) in [6.07, 6.45) is -0.252. The number of aromatic amines is 1. The zero-order valence-electron chi connectivity index (χ0n) is 11.3. The van der Waals surface area contributed by atoms with Gasteiger partial charge in [-0.25, -0.2) is 0 Å². The molecule has 1 atom stereocenters. The fraction of sp³-hybridized carbons (Fsp3) is 0.385. The lowest BCUT2D eigenvalue weighted by Crippen LogP contribution is -2.14. The number of methoxy groups -OCH3 is 1. The van der Waals surface area contributed by atoms with Crippen LogP contribution in [0.15, 0.2) is 24.3 Å². The Kier molecular flexibility index (Phi) is 5.17. The molecule has 0 saturated heterocycles. The van der Waals surface area contributed by atoms with E-state index in [9.17, 15) is 0 Å². The molecule has 0 aliphatic carbocycles. The first kappa shape index (κ1) is 15.0. The minimum atomic E-state index is -0.252. The number of nitrogens with zero attached hydrogens (tertiary/aromatic N) is 2. The van der Waals surface area contributed by atoms with E-state index in [0.29, 0.717) is 28.7 Å². The van der Waals surface area contributed by atoms with E-state index in [1.54, 1.807) is 19.2 Å². The van der Waals surface area contributed by atoms with Crippen LogP contribution in [-0.4, -0.2) is 28.5 Å². The summed E-state index contributed by atoms with van der Waals surface area (Å²) in [5.74, 6) is 1.42. The molecule has 1 aromatic heterocycles. The fourth-order valence-electron chi connectivity index (χ4n) is 1.84. The maximum absolute atomic E-state index is 5.94. The van der Waals surface area contributed by atoms with E-state index in [1.807, 2.05) is 23.6 Å². The SMILES string of the molecule is COCCn1c(C(C)Oc2cccc(Cl)c2)n[nH]c1=S. The minimum absolute atomic E-state index is 0.252. The number of hydrogen-bond donors (Lipinski definition) is 1. The van der Waals surface area contributed by atoms with Crippen LogP contribution in [0.3, 0.4) is 0 Å². The first-order chi connectivity index (χ1) is 9.61. The van der Waals surface area contributed by atoms with Gasteiger partial charge in [0.1, 0.15) is 5.75 Å². The first-order valence-electron chi connectivity index (χ1n) is 6.18. The fourth-order valence-corrected chi connectivity index (χ4v) is 2.25. The molecule has 0 saturated carbocycles. The van der Waals surface area contributed by atoms with Crippen molar-refractivity contribution in [3.8, 4) is 5.75 Å². The summed E-state index contributed by atoms with van der Waals surface area (Å²) in [5, 5.41) is 7.63. The molecule has 1 aromatic carbocycles. The van der Waals surface area contributed by atoms with E-state index in [1.165, 1.54) is 0 Å². The third-order valence-electron chi connectivity index (χ3n) is 2.78. The summed E-state index contributed by atoms with van der Waals surface area (Å²) >= 11 is 11.1. The van der Waals surface area contributed by atoms with E-state index in [0.717, 1.165) is 5.82 Å². The van der Waals surface area contributed by atoms with Crippen LogP contribution in [0, 0.1) is 4.77 Å². The molecular formula is C13H16ClN3O2S. The Morgan fingerprint density at radius 2 is 2.30 bits per heavy atom. The van der Waals surface area contributed by atoms with Crippen LogP contribution < -0.4 is 4.74 Å². The number of aromatic nitrogens is 3.